The van der Waals surface area contributed by atoms with Gasteiger partial charge in [0.05, 0.1) is 16.9 Å². The van der Waals surface area contributed by atoms with Gasteiger partial charge < -0.3 is 15.7 Å². The molecule has 0 aliphatic rings. The van der Waals surface area contributed by atoms with Crippen molar-refractivity contribution in [1.82, 2.24) is 0 Å². The number of hydrogen-bond acceptors (Lipinski definition) is 3. The second-order valence-electron chi connectivity index (χ2n) is 4.70. The Morgan fingerprint density at radius 2 is 1.85 bits per heavy atom. The van der Waals surface area contributed by atoms with Crippen molar-refractivity contribution in [2.45, 2.75) is 6.42 Å². The first-order valence-corrected chi connectivity index (χ1v) is 6.46. The molecule has 0 amide bonds. The van der Waals surface area contributed by atoms with E-state index >= 15 is 0 Å². The van der Waals surface area contributed by atoms with Crippen LogP contribution in [0.4, 0.5) is 11.4 Å². The maximum atomic E-state index is 11.1. The van der Waals surface area contributed by atoms with Gasteiger partial charge in [0.2, 0.25) is 0 Å². The molecular formula is C16H18N2O2. The van der Waals surface area contributed by atoms with Crippen LogP contribution < -0.4 is 10.6 Å². The van der Waals surface area contributed by atoms with Gasteiger partial charge in [-0.25, -0.2) is 4.79 Å². The summed E-state index contributed by atoms with van der Waals surface area (Å²) in [5.41, 5.74) is 8.39. The smallest absolute Gasteiger partial charge is 0.337 e. The van der Waals surface area contributed by atoms with Gasteiger partial charge in [0, 0.05) is 13.6 Å². The molecule has 0 saturated heterocycles. The topological polar surface area (TPSA) is 66.6 Å². The SMILES string of the molecule is CN(CCc1ccccc1)c1cccc(C(=O)O)c1N. The van der Waals surface area contributed by atoms with Crippen molar-refractivity contribution in [3.05, 3.63) is 59.7 Å². The predicted octanol–water partition coefficient (Wildman–Crippen LogP) is 2.65. The Labute approximate surface area is 118 Å². The van der Waals surface area contributed by atoms with Crippen LogP contribution in [0, 0.1) is 0 Å². The van der Waals surface area contributed by atoms with Crippen LogP contribution >= 0.6 is 0 Å². The third kappa shape index (κ3) is 3.09. The van der Waals surface area contributed by atoms with E-state index < -0.39 is 5.97 Å². The van der Waals surface area contributed by atoms with Gasteiger partial charge in [0.15, 0.2) is 0 Å². The molecule has 0 fully saturated rings. The lowest BCUT2D eigenvalue weighted by atomic mass is 10.1. The minimum Gasteiger partial charge on any atom is -0.478 e. The largest absolute Gasteiger partial charge is 0.478 e. The van der Waals surface area contributed by atoms with Crippen LogP contribution in [0.1, 0.15) is 15.9 Å². The number of benzene rings is 2. The van der Waals surface area contributed by atoms with Crippen LogP contribution in [-0.4, -0.2) is 24.7 Å². The maximum absolute atomic E-state index is 11.1. The fraction of sp³-hybridized carbons (Fsp3) is 0.188. The quantitative estimate of drug-likeness (QED) is 0.820. The summed E-state index contributed by atoms with van der Waals surface area (Å²) in [4.78, 5) is 13.1. The molecule has 0 radical (unpaired) electrons. The summed E-state index contributed by atoms with van der Waals surface area (Å²) in [6.07, 6.45) is 0.883. The Morgan fingerprint density at radius 1 is 1.15 bits per heavy atom. The van der Waals surface area contributed by atoms with Crippen molar-refractivity contribution in [3.8, 4) is 0 Å². The Bertz CT molecular complexity index is 597. The van der Waals surface area contributed by atoms with E-state index in [-0.39, 0.29) is 5.56 Å². The van der Waals surface area contributed by atoms with Crippen LogP contribution in [0.15, 0.2) is 48.5 Å². The van der Waals surface area contributed by atoms with Crippen LogP contribution in [0.25, 0.3) is 0 Å². The third-order valence-corrected chi connectivity index (χ3v) is 3.30. The number of para-hydroxylation sites is 1. The highest BCUT2D eigenvalue weighted by atomic mass is 16.4. The first-order valence-electron chi connectivity index (χ1n) is 6.46. The Morgan fingerprint density at radius 3 is 2.50 bits per heavy atom. The van der Waals surface area contributed by atoms with Gasteiger partial charge in [-0.1, -0.05) is 36.4 Å². The van der Waals surface area contributed by atoms with E-state index in [0.717, 1.165) is 18.7 Å². The summed E-state index contributed by atoms with van der Waals surface area (Å²) in [6.45, 7) is 0.775. The number of aromatic carboxylic acids is 1. The van der Waals surface area contributed by atoms with Crippen molar-refractivity contribution < 1.29 is 9.90 Å². The molecule has 20 heavy (non-hydrogen) atoms. The molecule has 4 nitrogen and oxygen atoms in total. The van der Waals surface area contributed by atoms with E-state index in [0.29, 0.717) is 5.69 Å². The van der Waals surface area contributed by atoms with Gasteiger partial charge in [-0.3, -0.25) is 0 Å². The van der Waals surface area contributed by atoms with Crippen molar-refractivity contribution in [1.29, 1.82) is 0 Å². The standard InChI is InChI=1S/C16H18N2O2/c1-18(11-10-12-6-3-2-4-7-12)14-9-5-8-13(15(14)17)16(19)20/h2-9H,10-11,17H2,1H3,(H,19,20). The summed E-state index contributed by atoms with van der Waals surface area (Å²) in [6, 6.07) is 15.2. The van der Waals surface area contributed by atoms with Crippen molar-refractivity contribution in [3.63, 3.8) is 0 Å². The lowest BCUT2D eigenvalue weighted by Crippen LogP contribution is -2.22. The molecule has 104 valence electrons. The summed E-state index contributed by atoms with van der Waals surface area (Å²) in [7, 11) is 1.92. The predicted molar refractivity (Wildman–Crippen MR) is 81.2 cm³/mol. The lowest BCUT2D eigenvalue weighted by Gasteiger charge is -2.22. The normalized spacial score (nSPS) is 10.2. The minimum absolute atomic E-state index is 0.147. The second-order valence-corrected chi connectivity index (χ2v) is 4.70. The molecule has 0 aliphatic carbocycles. The Balaban J connectivity index is 2.11. The van der Waals surface area contributed by atoms with Gasteiger partial charge in [-0.15, -0.1) is 0 Å². The van der Waals surface area contributed by atoms with Crippen LogP contribution in [0.3, 0.4) is 0 Å². The van der Waals surface area contributed by atoms with E-state index in [1.54, 1.807) is 6.07 Å². The van der Waals surface area contributed by atoms with E-state index in [2.05, 4.69) is 12.1 Å². The van der Waals surface area contributed by atoms with E-state index in [9.17, 15) is 4.79 Å². The first kappa shape index (κ1) is 13.9. The van der Waals surface area contributed by atoms with Gasteiger partial charge in [-0.2, -0.15) is 0 Å². The highest BCUT2D eigenvalue weighted by molar-refractivity contribution is 5.97. The molecule has 2 aromatic carbocycles. The summed E-state index contributed by atoms with van der Waals surface area (Å²) < 4.78 is 0. The number of carboxylic acid groups (broad SMARTS) is 1. The number of nitrogens with zero attached hydrogens (tertiary/aromatic N) is 1. The van der Waals surface area contributed by atoms with Crippen LogP contribution in [-0.2, 0) is 6.42 Å². The molecule has 4 heteroatoms. The number of nitrogen functional groups attached to an aromatic ring is 1. The van der Waals surface area contributed by atoms with Crippen molar-refractivity contribution >= 4 is 17.3 Å². The van der Waals surface area contributed by atoms with Crippen molar-refractivity contribution in [2.24, 2.45) is 0 Å². The average molecular weight is 270 g/mol. The molecule has 3 N–H and O–H groups in total. The summed E-state index contributed by atoms with van der Waals surface area (Å²) in [5.74, 6) is -0.999. The zero-order valence-corrected chi connectivity index (χ0v) is 11.4. The van der Waals surface area contributed by atoms with E-state index in [1.807, 2.05) is 36.2 Å². The molecule has 2 aromatic rings. The molecule has 2 rings (SSSR count). The number of rotatable bonds is 5. The summed E-state index contributed by atoms with van der Waals surface area (Å²) >= 11 is 0. The fourth-order valence-electron chi connectivity index (χ4n) is 2.13. The molecule has 0 spiro atoms. The molecule has 0 saturated carbocycles. The number of anilines is 2. The van der Waals surface area contributed by atoms with E-state index in [1.165, 1.54) is 11.6 Å². The van der Waals surface area contributed by atoms with Gasteiger partial charge >= 0.3 is 5.97 Å². The highest BCUT2D eigenvalue weighted by Crippen LogP contribution is 2.26. The molecule has 0 atom stereocenters. The number of carbonyl (C=O) groups is 1. The fourth-order valence-corrected chi connectivity index (χ4v) is 2.13. The van der Waals surface area contributed by atoms with Gasteiger partial charge in [0.1, 0.15) is 0 Å². The monoisotopic (exact) mass is 270 g/mol. The van der Waals surface area contributed by atoms with E-state index in [4.69, 9.17) is 10.8 Å². The average Bonchev–Trinajstić information content (AvgIpc) is 2.46. The third-order valence-electron chi connectivity index (χ3n) is 3.30. The second kappa shape index (κ2) is 6.10. The molecule has 0 aromatic heterocycles. The summed E-state index contributed by atoms with van der Waals surface area (Å²) in [5, 5.41) is 9.08. The molecule has 0 heterocycles. The zero-order valence-electron chi connectivity index (χ0n) is 11.4. The Kier molecular flexibility index (Phi) is 4.25. The minimum atomic E-state index is -0.999. The highest BCUT2D eigenvalue weighted by Gasteiger charge is 2.13. The molecule has 0 unspecified atom stereocenters. The molecular weight excluding hydrogens is 252 g/mol. The number of likely N-dealkylation sites (N-methyl/N-ethyl adjacent to an activating group) is 1. The van der Waals surface area contributed by atoms with Gasteiger partial charge in [-0.05, 0) is 24.1 Å². The van der Waals surface area contributed by atoms with Crippen LogP contribution in [0.2, 0.25) is 0 Å². The molecule has 0 aliphatic heterocycles. The van der Waals surface area contributed by atoms with Crippen molar-refractivity contribution in [2.75, 3.05) is 24.2 Å². The number of carboxylic acids is 1. The van der Waals surface area contributed by atoms with Gasteiger partial charge in [0.25, 0.3) is 0 Å². The number of nitrogens with two attached hydrogens (primary N) is 1. The zero-order chi connectivity index (χ0) is 14.5. The number of hydrogen-bond donors (Lipinski definition) is 2. The Hall–Kier alpha value is -2.49. The first-order chi connectivity index (χ1) is 9.59. The maximum Gasteiger partial charge on any atom is 0.337 e. The molecule has 0 bridgehead atoms. The lowest BCUT2D eigenvalue weighted by molar-refractivity contribution is 0.0698. The van der Waals surface area contributed by atoms with Crippen LogP contribution in [0.5, 0.6) is 0 Å².